The molecule has 1 N–H and O–H groups in total. The van der Waals surface area contributed by atoms with Gasteiger partial charge in [0.15, 0.2) is 5.54 Å². The first-order valence-corrected chi connectivity index (χ1v) is 5.51. The van der Waals surface area contributed by atoms with Crippen LogP contribution in [0.25, 0.3) is 11.4 Å². The van der Waals surface area contributed by atoms with Crippen molar-refractivity contribution in [1.82, 2.24) is 20.0 Å². The zero-order valence-corrected chi connectivity index (χ0v) is 9.60. The number of aliphatic carboxylic acids is 1. The Morgan fingerprint density at radius 3 is 2.81 bits per heavy atom. The van der Waals surface area contributed by atoms with Crippen LogP contribution in [0.2, 0.25) is 0 Å². The van der Waals surface area contributed by atoms with Gasteiger partial charge in [-0.25, -0.2) is 14.5 Å². The zero-order chi connectivity index (χ0) is 11.8. The average molecular weight is 238 g/mol. The summed E-state index contributed by atoms with van der Waals surface area (Å²) in [6.07, 6.45) is 1.59. The molecule has 0 aliphatic carbocycles. The van der Waals surface area contributed by atoms with E-state index in [0.29, 0.717) is 11.4 Å². The molecule has 0 bridgehead atoms. The number of carbonyl (C=O) groups is 1. The van der Waals surface area contributed by atoms with E-state index >= 15 is 0 Å². The second-order valence-corrected chi connectivity index (χ2v) is 4.50. The van der Waals surface area contributed by atoms with Crippen molar-refractivity contribution in [3.63, 3.8) is 0 Å². The van der Waals surface area contributed by atoms with Crippen LogP contribution in [-0.4, -0.2) is 31.1 Å². The van der Waals surface area contributed by atoms with Gasteiger partial charge >= 0.3 is 5.97 Å². The van der Waals surface area contributed by atoms with Gasteiger partial charge in [-0.15, -0.1) is 16.4 Å². The molecule has 7 heteroatoms. The molecule has 6 nitrogen and oxygen atoms in total. The first-order chi connectivity index (χ1) is 7.51. The fourth-order valence-corrected chi connectivity index (χ4v) is 1.64. The Bertz CT molecular complexity index is 503. The number of hydrogen-bond donors (Lipinski definition) is 1. The van der Waals surface area contributed by atoms with Crippen molar-refractivity contribution < 1.29 is 9.90 Å². The molecular weight excluding hydrogens is 228 g/mol. The smallest absolute Gasteiger partial charge is 0.331 e. The molecule has 2 aromatic heterocycles. The van der Waals surface area contributed by atoms with E-state index in [0.717, 1.165) is 0 Å². The van der Waals surface area contributed by atoms with Gasteiger partial charge in [-0.3, -0.25) is 0 Å². The summed E-state index contributed by atoms with van der Waals surface area (Å²) in [5, 5.41) is 18.6. The topological polar surface area (TPSA) is 80.9 Å². The van der Waals surface area contributed by atoms with Crippen molar-refractivity contribution in [2.24, 2.45) is 0 Å². The van der Waals surface area contributed by atoms with Gasteiger partial charge in [-0.05, 0) is 13.8 Å². The number of rotatable bonds is 3. The minimum Gasteiger partial charge on any atom is -0.479 e. The van der Waals surface area contributed by atoms with Crippen molar-refractivity contribution >= 4 is 17.3 Å². The van der Waals surface area contributed by atoms with Crippen molar-refractivity contribution in [3.8, 4) is 11.4 Å². The molecule has 0 aliphatic heterocycles. The highest BCUT2D eigenvalue weighted by atomic mass is 32.1. The predicted octanol–water partition coefficient (Wildman–Crippen LogP) is 1.22. The molecule has 16 heavy (non-hydrogen) atoms. The Morgan fingerprint density at radius 1 is 1.50 bits per heavy atom. The molecule has 0 spiro atoms. The monoisotopic (exact) mass is 238 g/mol. The van der Waals surface area contributed by atoms with Crippen LogP contribution in [0.15, 0.2) is 17.1 Å². The molecule has 0 saturated heterocycles. The molecule has 0 atom stereocenters. The fourth-order valence-electron chi connectivity index (χ4n) is 1.09. The molecule has 2 rings (SSSR count). The number of carboxylic acids is 1. The third-order valence-electron chi connectivity index (χ3n) is 2.28. The molecule has 0 unspecified atom stereocenters. The highest BCUT2D eigenvalue weighted by molar-refractivity contribution is 7.07. The van der Waals surface area contributed by atoms with Gasteiger partial charge in [0.25, 0.3) is 0 Å². The van der Waals surface area contributed by atoms with Crippen molar-refractivity contribution in [2.45, 2.75) is 19.4 Å². The molecule has 0 fully saturated rings. The molecular formula is C9H10N4O2S. The molecule has 2 heterocycles. The van der Waals surface area contributed by atoms with E-state index in [9.17, 15) is 4.79 Å². The molecule has 0 amide bonds. The number of aromatic nitrogens is 4. The van der Waals surface area contributed by atoms with E-state index in [-0.39, 0.29) is 0 Å². The summed E-state index contributed by atoms with van der Waals surface area (Å²) in [5.74, 6) is -0.956. The Balaban J connectivity index is 2.37. The van der Waals surface area contributed by atoms with Crippen LogP contribution >= 0.6 is 11.3 Å². The minimum atomic E-state index is -1.11. The summed E-state index contributed by atoms with van der Waals surface area (Å²) in [6, 6.07) is 0. The van der Waals surface area contributed by atoms with Crippen LogP contribution in [0.5, 0.6) is 0 Å². The van der Waals surface area contributed by atoms with E-state index in [4.69, 9.17) is 5.11 Å². The lowest BCUT2D eigenvalue weighted by Crippen LogP contribution is -2.36. The summed E-state index contributed by atoms with van der Waals surface area (Å²) < 4.78 is 1.32. The lowest BCUT2D eigenvalue weighted by molar-refractivity contribution is -0.146. The number of thiazole rings is 1. The van der Waals surface area contributed by atoms with Crippen LogP contribution < -0.4 is 0 Å². The summed E-state index contributed by atoms with van der Waals surface area (Å²) in [7, 11) is 0. The van der Waals surface area contributed by atoms with Gasteiger partial charge < -0.3 is 5.11 Å². The molecule has 0 aliphatic rings. The van der Waals surface area contributed by atoms with E-state index < -0.39 is 11.5 Å². The fraction of sp³-hybridized carbons (Fsp3) is 0.333. The van der Waals surface area contributed by atoms with Gasteiger partial charge in [0.1, 0.15) is 11.4 Å². The number of hydrogen-bond acceptors (Lipinski definition) is 5. The minimum absolute atomic E-state index is 0.579. The maximum absolute atomic E-state index is 11.0. The van der Waals surface area contributed by atoms with Gasteiger partial charge in [0.05, 0.1) is 11.7 Å². The van der Waals surface area contributed by atoms with Crippen LogP contribution in [0.4, 0.5) is 0 Å². The summed E-state index contributed by atoms with van der Waals surface area (Å²) in [4.78, 5) is 15.1. The maximum Gasteiger partial charge on any atom is 0.331 e. The van der Waals surface area contributed by atoms with E-state index in [1.165, 1.54) is 16.0 Å². The first kappa shape index (κ1) is 10.7. The highest BCUT2D eigenvalue weighted by Crippen LogP contribution is 2.19. The SMILES string of the molecule is CC(C)(C(=O)O)n1cc(-c2cscn2)nn1. The Kier molecular flexibility index (Phi) is 2.47. The Labute approximate surface area is 95.6 Å². The molecule has 84 valence electrons. The van der Waals surface area contributed by atoms with Gasteiger partial charge in [0, 0.05) is 5.38 Å². The Hall–Kier alpha value is -1.76. The van der Waals surface area contributed by atoms with Gasteiger partial charge in [0.2, 0.25) is 0 Å². The largest absolute Gasteiger partial charge is 0.479 e. The van der Waals surface area contributed by atoms with E-state index in [2.05, 4.69) is 15.3 Å². The van der Waals surface area contributed by atoms with Crippen molar-refractivity contribution in [3.05, 3.63) is 17.1 Å². The average Bonchev–Trinajstić information content (AvgIpc) is 2.88. The Morgan fingerprint density at radius 2 is 2.25 bits per heavy atom. The zero-order valence-electron chi connectivity index (χ0n) is 8.78. The third-order valence-corrected chi connectivity index (χ3v) is 2.87. The van der Waals surface area contributed by atoms with Crippen molar-refractivity contribution in [1.29, 1.82) is 0 Å². The first-order valence-electron chi connectivity index (χ1n) is 4.56. The second kappa shape index (κ2) is 3.67. The standard InChI is InChI=1S/C9H10N4O2S/c1-9(2,8(14)15)13-3-6(11-12-13)7-4-16-5-10-7/h3-5H,1-2H3,(H,14,15). The lowest BCUT2D eigenvalue weighted by Gasteiger charge is -2.18. The van der Waals surface area contributed by atoms with Crippen molar-refractivity contribution in [2.75, 3.05) is 0 Å². The second-order valence-electron chi connectivity index (χ2n) is 3.79. The normalized spacial score (nSPS) is 11.6. The number of nitrogens with zero attached hydrogens (tertiary/aromatic N) is 4. The maximum atomic E-state index is 11.0. The summed E-state index contributed by atoms with van der Waals surface area (Å²) in [6.45, 7) is 3.13. The highest BCUT2D eigenvalue weighted by Gasteiger charge is 2.31. The third kappa shape index (κ3) is 1.69. The number of carboxylic acid groups (broad SMARTS) is 1. The molecule has 0 radical (unpaired) electrons. The quantitative estimate of drug-likeness (QED) is 0.869. The molecule has 0 saturated carbocycles. The van der Waals surface area contributed by atoms with E-state index in [1.807, 2.05) is 5.38 Å². The van der Waals surface area contributed by atoms with Crippen LogP contribution in [0.1, 0.15) is 13.8 Å². The van der Waals surface area contributed by atoms with Crippen LogP contribution in [0, 0.1) is 0 Å². The summed E-state index contributed by atoms with van der Waals surface area (Å²) in [5.41, 5.74) is 1.87. The van der Waals surface area contributed by atoms with Gasteiger partial charge in [-0.1, -0.05) is 5.21 Å². The van der Waals surface area contributed by atoms with E-state index in [1.54, 1.807) is 25.6 Å². The molecule has 2 aromatic rings. The predicted molar refractivity (Wildman–Crippen MR) is 58.1 cm³/mol. The summed E-state index contributed by atoms with van der Waals surface area (Å²) >= 11 is 1.45. The molecule has 0 aromatic carbocycles. The van der Waals surface area contributed by atoms with Crippen LogP contribution in [0.3, 0.4) is 0 Å². The van der Waals surface area contributed by atoms with Crippen LogP contribution in [-0.2, 0) is 10.3 Å². The van der Waals surface area contributed by atoms with Gasteiger partial charge in [-0.2, -0.15) is 0 Å². The lowest BCUT2D eigenvalue weighted by atomic mass is 10.1.